The van der Waals surface area contributed by atoms with Crippen molar-refractivity contribution in [2.45, 2.75) is 46.6 Å². The number of carbonyl (C=O) groups is 2. The lowest BCUT2D eigenvalue weighted by molar-refractivity contribution is -0.137. The number of hydrogen-bond acceptors (Lipinski definition) is 4. The molecule has 0 aliphatic heterocycles. The third-order valence-corrected chi connectivity index (χ3v) is 3.71. The molecule has 112 valence electrons. The largest absolute Gasteiger partial charge is 0.331 e. The molecule has 1 rings (SSSR count). The van der Waals surface area contributed by atoms with E-state index in [0.29, 0.717) is 11.6 Å². The van der Waals surface area contributed by atoms with Crippen LogP contribution in [0.1, 0.15) is 40.5 Å². The molecule has 1 heterocycles. The molecular weight excluding hydrogens is 274 g/mol. The number of carbonyl (C=O) groups excluding carboxylic acids is 2. The van der Waals surface area contributed by atoms with Crippen molar-refractivity contribution in [1.82, 2.24) is 9.88 Å². The number of nitrogens with zero attached hydrogens (tertiary/aromatic N) is 2. The lowest BCUT2D eigenvalue weighted by atomic mass is 10.1. The average Bonchev–Trinajstić information content (AvgIpc) is 2.86. The first-order valence-electron chi connectivity index (χ1n) is 6.92. The van der Waals surface area contributed by atoms with Gasteiger partial charge in [-0.25, -0.2) is 4.98 Å². The van der Waals surface area contributed by atoms with E-state index in [9.17, 15) is 9.59 Å². The molecule has 1 N–H and O–H groups in total. The van der Waals surface area contributed by atoms with Gasteiger partial charge in [-0.05, 0) is 19.3 Å². The molecule has 0 saturated heterocycles. The van der Waals surface area contributed by atoms with E-state index in [-0.39, 0.29) is 30.3 Å². The van der Waals surface area contributed by atoms with Crippen LogP contribution in [0.3, 0.4) is 0 Å². The van der Waals surface area contributed by atoms with Gasteiger partial charge in [0.1, 0.15) is 6.54 Å². The number of rotatable bonds is 7. The van der Waals surface area contributed by atoms with Gasteiger partial charge in [-0.15, -0.1) is 11.3 Å². The molecular formula is C14H23N3O2S. The number of anilines is 1. The third kappa shape index (κ3) is 5.28. The number of nitrogens with one attached hydrogen (secondary N) is 1. The molecule has 0 bridgehead atoms. The fourth-order valence-electron chi connectivity index (χ4n) is 1.78. The number of amides is 2. The van der Waals surface area contributed by atoms with Crippen molar-refractivity contribution in [3.63, 3.8) is 0 Å². The molecule has 0 saturated carbocycles. The van der Waals surface area contributed by atoms with Crippen LogP contribution in [0, 0.1) is 5.92 Å². The van der Waals surface area contributed by atoms with Gasteiger partial charge in [0.15, 0.2) is 5.13 Å². The van der Waals surface area contributed by atoms with Gasteiger partial charge in [-0.3, -0.25) is 9.59 Å². The van der Waals surface area contributed by atoms with Gasteiger partial charge in [0, 0.05) is 24.0 Å². The Labute approximate surface area is 124 Å². The molecule has 0 aliphatic rings. The standard InChI is InChI=1S/C14H23N3O2S/c1-5-11(4)17(13(19)8-10(2)3)9-12(18)16-14-15-6-7-20-14/h6-7,10-11H,5,8-9H2,1-4H3,(H,15,16,18). The summed E-state index contributed by atoms with van der Waals surface area (Å²) in [6, 6.07) is 0.0586. The molecule has 0 aliphatic carbocycles. The van der Waals surface area contributed by atoms with E-state index in [1.807, 2.05) is 27.7 Å². The smallest absolute Gasteiger partial charge is 0.245 e. The maximum absolute atomic E-state index is 12.2. The summed E-state index contributed by atoms with van der Waals surface area (Å²) >= 11 is 1.37. The van der Waals surface area contributed by atoms with E-state index in [0.717, 1.165) is 6.42 Å². The van der Waals surface area contributed by atoms with Crippen LogP contribution in [-0.4, -0.2) is 34.3 Å². The summed E-state index contributed by atoms with van der Waals surface area (Å²) in [5, 5.41) is 5.08. The fraction of sp³-hybridized carbons (Fsp3) is 0.643. The topological polar surface area (TPSA) is 62.3 Å². The summed E-state index contributed by atoms with van der Waals surface area (Å²) in [5.74, 6) is 0.122. The molecule has 0 aromatic carbocycles. The van der Waals surface area contributed by atoms with Crippen molar-refractivity contribution in [3.05, 3.63) is 11.6 Å². The van der Waals surface area contributed by atoms with E-state index >= 15 is 0 Å². The zero-order chi connectivity index (χ0) is 15.1. The second-order valence-electron chi connectivity index (χ2n) is 5.26. The predicted octanol–water partition coefficient (Wildman–Crippen LogP) is 2.75. The summed E-state index contributed by atoms with van der Waals surface area (Å²) < 4.78 is 0. The SMILES string of the molecule is CCC(C)N(CC(=O)Nc1nccs1)C(=O)CC(C)C. The van der Waals surface area contributed by atoms with Crippen LogP contribution in [0.15, 0.2) is 11.6 Å². The van der Waals surface area contributed by atoms with Crippen LogP contribution in [-0.2, 0) is 9.59 Å². The van der Waals surface area contributed by atoms with Gasteiger partial charge in [0.05, 0.1) is 0 Å². The fourth-order valence-corrected chi connectivity index (χ4v) is 2.32. The highest BCUT2D eigenvalue weighted by Gasteiger charge is 2.22. The molecule has 1 unspecified atom stereocenters. The molecule has 1 aromatic rings. The molecule has 6 heteroatoms. The van der Waals surface area contributed by atoms with Gasteiger partial charge >= 0.3 is 0 Å². The van der Waals surface area contributed by atoms with Crippen molar-refractivity contribution >= 4 is 28.3 Å². The van der Waals surface area contributed by atoms with Crippen LogP contribution < -0.4 is 5.32 Å². The summed E-state index contributed by atoms with van der Waals surface area (Å²) in [4.78, 5) is 29.9. The predicted molar refractivity (Wildman–Crippen MR) is 81.7 cm³/mol. The Bertz CT molecular complexity index is 432. The van der Waals surface area contributed by atoms with Crippen molar-refractivity contribution in [3.8, 4) is 0 Å². The highest BCUT2D eigenvalue weighted by molar-refractivity contribution is 7.13. The summed E-state index contributed by atoms with van der Waals surface area (Å²) in [6.07, 6.45) is 2.93. The van der Waals surface area contributed by atoms with E-state index in [2.05, 4.69) is 10.3 Å². The van der Waals surface area contributed by atoms with Crippen molar-refractivity contribution in [1.29, 1.82) is 0 Å². The third-order valence-electron chi connectivity index (χ3n) is 3.02. The van der Waals surface area contributed by atoms with E-state index in [1.165, 1.54) is 11.3 Å². The zero-order valence-electron chi connectivity index (χ0n) is 12.5. The normalized spacial score (nSPS) is 12.2. The first kappa shape index (κ1) is 16.6. The molecule has 1 atom stereocenters. The Morgan fingerprint density at radius 3 is 2.60 bits per heavy atom. The quantitative estimate of drug-likeness (QED) is 0.841. The van der Waals surface area contributed by atoms with Gasteiger partial charge in [0.25, 0.3) is 0 Å². The average molecular weight is 297 g/mol. The maximum Gasteiger partial charge on any atom is 0.245 e. The minimum absolute atomic E-state index is 0.0311. The van der Waals surface area contributed by atoms with Gasteiger partial charge in [-0.2, -0.15) is 0 Å². The van der Waals surface area contributed by atoms with E-state index in [1.54, 1.807) is 16.5 Å². The lowest BCUT2D eigenvalue weighted by Gasteiger charge is -2.28. The molecule has 0 spiro atoms. The summed E-state index contributed by atoms with van der Waals surface area (Å²) in [5.41, 5.74) is 0. The summed E-state index contributed by atoms with van der Waals surface area (Å²) in [7, 11) is 0. The second kappa shape index (κ2) is 7.99. The minimum atomic E-state index is -0.197. The van der Waals surface area contributed by atoms with Crippen LogP contribution in [0.4, 0.5) is 5.13 Å². The molecule has 0 fully saturated rings. The van der Waals surface area contributed by atoms with Crippen LogP contribution in [0.25, 0.3) is 0 Å². The van der Waals surface area contributed by atoms with Gasteiger partial charge in [0.2, 0.25) is 11.8 Å². The van der Waals surface area contributed by atoms with E-state index < -0.39 is 0 Å². The summed E-state index contributed by atoms with van der Waals surface area (Å²) in [6.45, 7) is 8.07. The monoisotopic (exact) mass is 297 g/mol. The number of aromatic nitrogens is 1. The second-order valence-corrected chi connectivity index (χ2v) is 6.16. The van der Waals surface area contributed by atoms with Gasteiger partial charge in [-0.1, -0.05) is 20.8 Å². The van der Waals surface area contributed by atoms with Crippen molar-refractivity contribution in [2.75, 3.05) is 11.9 Å². The van der Waals surface area contributed by atoms with Crippen LogP contribution in [0.2, 0.25) is 0 Å². The molecule has 0 radical (unpaired) electrons. The van der Waals surface area contributed by atoms with Crippen LogP contribution in [0.5, 0.6) is 0 Å². The van der Waals surface area contributed by atoms with Crippen molar-refractivity contribution < 1.29 is 9.59 Å². The molecule has 5 nitrogen and oxygen atoms in total. The Morgan fingerprint density at radius 2 is 2.10 bits per heavy atom. The molecule has 1 aromatic heterocycles. The minimum Gasteiger partial charge on any atom is -0.331 e. The Balaban J connectivity index is 2.64. The lowest BCUT2D eigenvalue weighted by Crippen LogP contribution is -2.43. The number of thiazole rings is 1. The highest BCUT2D eigenvalue weighted by atomic mass is 32.1. The van der Waals surface area contributed by atoms with E-state index in [4.69, 9.17) is 0 Å². The first-order chi connectivity index (χ1) is 9.43. The highest BCUT2D eigenvalue weighted by Crippen LogP contribution is 2.13. The Kier molecular flexibility index (Phi) is 6.64. The Hall–Kier alpha value is -1.43. The van der Waals surface area contributed by atoms with Crippen molar-refractivity contribution in [2.24, 2.45) is 5.92 Å². The number of hydrogen-bond donors (Lipinski definition) is 1. The first-order valence-corrected chi connectivity index (χ1v) is 7.80. The molecule has 20 heavy (non-hydrogen) atoms. The molecule has 2 amide bonds. The van der Waals surface area contributed by atoms with Gasteiger partial charge < -0.3 is 10.2 Å². The maximum atomic E-state index is 12.2. The zero-order valence-corrected chi connectivity index (χ0v) is 13.4. The Morgan fingerprint density at radius 1 is 1.40 bits per heavy atom. The van der Waals surface area contributed by atoms with Crippen LogP contribution >= 0.6 is 11.3 Å².